The van der Waals surface area contributed by atoms with Gasteiger partial charge in [-0.3, -0.25) is 4.99 Å². The van der Waals surface area contributed by atoms with Crippen LogP contribution in [-0.2, 0) is 6.42 Å². The molecule has 0 aliphatic rings. The third-order valence-electron chi connectivity index (χ3n) is 2.53. The summed E-state index contributed by atoms with van der Waals surface area (Å²) in [6.07, 6.45) is -3.35. The Labute approximate surface area is 126 Å². The first kappa shape index (κ1) is 17.7. The van der Waals surface area contributed by atoms with E-state index in [1.54, 1.807) is 11.3 Å². The molecule has 0 unspecified atom stereocenters. The number of hydrogen-bond donors (Lipinski definition) is 2. The molecule has 0 aliphatic carbocycles. The van der Waals surface area contributed by atoms with E-state index < -0.39 is 12.6 Å². The maximum atomic E-state index is 12.1. The first-order valence-corrected chi connectivity index (χ1v) is 7.78. The lowest BCUT2D eigenvalue weighted by Gasteiger charge is -2.12. The summed E-state index contributed by atoms with van der Waals surface area (Å²) in [6.45, 7) is 4.83. The van der Waals surface area contributed by atoms with Gasteiger partial charge in [-0.05, 0) is 20.3 Å². The number of rotatable bonds is 7. The van der Waals surface area contributed by atoms with Gasteiger partial charge < -0.3 is 10.6 Å². The van der Waals surface area contributed by atoms with Crippen molar-refractivity contribution in [3.63, 3.8) is 0 Å². The summed E-state index contributed by atoms with van der Waals surface area (Å²) in [4.78, 5) is 8.61. The Balaban J connectivity index is 2.30. The molecule has 4 nitrogen and oxygen atoms in total. The van der Waals surface area contributed by atoms with Crippen LogP contribution in [0.1, 0.15) is 30.5 Å². The first-order chi connectivity index (χ1) is 9.90. The van der Waals surface area contributed by atoms with E-state index in [-0.39, 0.29) is 6.54 Å². The largest absolute Gasteiger partial charge is 0.390 e. The van der Waals surface area contributed by atoms with Gasteiger partial charge in [-0.2, -0.15) is 13.2 Å². The van der Waals surface area contributed by atoms with E-state index in [0.717, 1.165) is 23.5 Å². The molecule has 0 aromatic carbocycles. The van der Waals surface area contributed by atoms with Crippen LogP contribution in [0.25, 0.3) is 0 Å². The molecule has 0 atom stereocenters. The number of nitrogens with zero attached hydrogens (tertiary/aromatic N) is 2. The molecule has 2 N–H and O–H groups in total. The zero-order chi connectivity index (χ0) is 15.7. The van der Waals surface area contributed by atoms with Gasteiger partial charge in [0.2, 0.25) is 0 Å². The number of hydrogen-bond acceptors (Lipinski definition) is 3. The van der Waals surface area contributed by atoms with Gasteiger partial charge in [0.05, 0.1) is 11.4 Å². The van der Waals surface area contributed by atoms with Crippen LogP contribution in [0.4, 0.5) is 13.2 Å². The number of aliphatic imine (C=N–C) groups is 1. The summed E-state index contributed by atoms with van der Waals surface area (Å²) in [5.41, 5.74) is 1.01. The smallest absolute Gasteiger partial charge is 0.357 e. The second kappa shape index (κ2) is 8.86. The molecule has 0 aliphatic heterocycles. The quantitative estimate of drug-likeness (QED) is 0.461. The number of guanidine groups is 1. The van der Waals surface area contributed by atoms with Crippen molar-refractivity contribution in [3.8, 4) is 0 Å². The third-order valence-corrected chi connectivity index (χ3v) is 3.56. The van der Waals surface area contributed by atoms with Gasteiger partial charge in [0.25, 0.3) is 0 Å². The Kier molecular flexibility index (Phi) is 7.49. The summed E-state index contributed by atoms with van der Waals surface area (Å²) in [5, 5.41) is 8.68. The molecule has 120 valence electrons. The number of alkyl halides is 3. The maximum absolute atomic E-state index is 12.1. The molecule has 0 amide bonds. The highest BCUT2D eigenvalue weighted by molar-refractivity contribution is 7.09. The van der Waals surface area contributed by atoms with Crippen molar-refractivity contribution in [1.82, 2.24) is 15.6 Å². The van der Waals surface area contributed by atoms with Crippen molar-refractivity contribution in [1.29, 1.82) is 0 Å². The molecule has 0 radical (unpaired) electrons. The van der Waals surface area contributed by atoms with Crippen LogP contribution in [0.2, 0.25) is 0 Å². The van der Waals surface area contributed by atoms with Gasteiger partial charge in [-0.25, -0.2) is 4.98 Å². The van der Waals surface area contributed by atoms with Crippen LogP contribution in [0.15, 0.2) is 10.4 Å². The van der Waals surface area contributed by atoms with Crippen LogP contribution in [0.5, 0.6) is 0 Å². The highest BCUT2D eigenvalue weighted by Gasteiger charge is 2.26. The average molecular weight is 322 g/mol. The number of halogens is 3. The summed E-state index contributed by atoms with van der Waals surface area (Å²) in [6, 6.07) is 0. The van der Waals surface area contributed by atoms with Crippen LogP contribution in [0.3, 0.4) is 0 Å². The number of aromatic nitrogens is 1. The van der Waals surface area contributed by atoms with E-state index in [1.807, 2.05) is 19.2 Å². The number of thiazole rings is 1. The van der Waals surface area contributed by atoms with Crippen LogP contribution in [-0.4, -0.2) is 36.8 Å². The molecule has 8 heteroatoms. The molecule has 1 aromatic rings. The molecule has 0 fully saturated rings. The van der Waals surface area contributed by atoms with Crippen molar-refractivity contribution in [3.05, 3.63) is 16.1 Å². The lowest BCUT2D eigenvalue weighted by Crippen LogP contribution is -2.39. The van der Waals surface area contributed by atoms with Gasteiger partial charge in [0.15, 0.2) is 5.96 Å². The molecule has 1 rings (SSSR count). The van der Waals surface area contributed by atoms with E-state index in [4.69, 9.17) is 0 Å². The number of nitrogens with one attached hydrogen (secondary N) is 2. The van der Waals surface area contributed by atoms with E-state index in [9.17, 15) is 13.2 Å². The fourth-order valence-electron chi connectivity index (χ4n) is 1.60. The monoisotopic (exact) mass is 322 g/mol. The van der Waals surface area contributed by atoms with Crippen molar-refractivity contribution in [2.75, 3.05) is 19.6 Å². The second-order valence-corrected chi connectivity index (χ2v) is 5.48. The SMILES string of the molecule is CCNC(=NCCCc1nc(C)cs1)NCCC(F)(F)F. The molecular formula is C13H21F3N4S. The Morgan fingerprint density at radius 3 is 2.71 bits per heavy atom. The van der Waals surface area contributed by atoms with Crippen molar-refractivity contribution in [2.24, 2.45) is 4.99 Å². The Hall–Kier alpha value is -1.31. The van der Waals surface area contributed by atoms with Gasteiger partial charge in [-0.1, -0.05) is 0 Å². The summed E-state index contributed by atoms with van der Waals surface area (Å²) < 4.78 is 36.2. The Morgan fingerprint density at radius 1 is 1.38 bits per heavy atom. The molecular weight excluding hydrogens is 301 g/mol. The fraction of sp³-hybridized carbons (Fsp3) is 0.692. The molecule has 0 spiro atoms. The Morgan fingerprint density at radius 2 is 2.14 bits per heavy atom. The van der Waals surface area contributed by atoms with Crippen LogP contribution >= 0.6 is 11.3 Å². The van der Waals surface area contributed by atoms with Crippen LogP contribution < -0.4 is 10.6 Å². The highest BCUT2D eigenvalue weighted by Crippen LogP contribution is 2.18. The highest BCUT2D eigenvalue weighted by atomic mass is 32.1. The topological polar surface area (TPSA) is 49.3 Å². The lowest BCUT2D eigenvalue weighted by atomic mass is 10.3. The number of aryl methyl sites for hydroxylation is 2. The standard InChI is InChI=1S/C13H21F3N4S/c1-3-17-12(19-8-6-13(14,15)16)18-7-4-5-11-20-10(2)9-21-11/h9H,3-8H2,1-2H3,(H2,17,18,19). The molecule has 0 saturated heterocycles. The predicted octanol–water partition coefficient (Wildman–Crippen LogP) is 2.89. The molecule has 0 saturated carbocycles. The van der Waals surface area contributed by atoms with E-state index in [0.29, 0.717) is 19.0 Å². The first-order valence-electron chi connectivity index (χ1n) is 6.90. The third kappa shape index (κ3) is 8.54. The zero-order valence-corrected chi connectivity index (χ0v) is 13.1. The normalized spacial score (nSPS) is 12.5. The maximum Gasteiger partial charge on any atom is 0.390 e. The minimum absolute atomic E-state index is 0.166. The minimum Gasteiger partial charge on any atom is -0.357 e. The fourth-order valence-corrected chi connectivity index (χ4v) is 2.42. The summed E-state index contributed by atoms with van der Waals surface area (Å²) >= 11 is 1.62. The van der Waals surface area contributed by atoms with Crippen molar-refractivity contribution in [2.45, 2.75) is 39.3 Å². The van der Waals surface area contributed by atoms with Crippen molar-refractivity contribution < 1.29 is 13.2 Å². The predicted molar refractivity (Wildman–Crippen MR) is 79.8 cm³/mol. The Bertz CT molecular complexity index is 443. The summed E-state index contributed by atoms with van der Waals surface area (Å²) in [7, 11) is 0. The van der Waals surface area contributed by atoms with E-state index in [1.165, 1.54) is 0 Å². The van der Waals surface area contributed by atoms with Crippen molar-refractivity contribution >= 4 is 17.3 Å². The molecule has 1 aromatic heterocycles. The van der Waals surface area contributed by atoms with Gasteiger partial charge in [-0.15, -0.1) is 11.3 Å². The minimum atomic E-state index is -4.15. The zero-order valence-electron chi connectivity index (χ0n) is 12.3. The lowest BCUT2D eigenvalue weighted by molar-refractivity contribution is -0.132. The second-order valence-electron chi connectivity index (χ2n) is 4.54. The summed E-state index contributed by atoms with van der Waals surface area (Å²) in [5.74, 6) is 0.428. The molecule has 21 heavy (non-hydrogen) atoms. The van der Waals surface area contributed by atoms with Gasteiger partial charge >= 0.3 is 6.18 Å². The average Bonchev–Trinajstić information content (AvgIpc) is 2.79. The van der Waals surface area contributed by atoms with Gasteiger partial charge in [0.1, 0.15) is 0 Å². The van der Waals surface area contributed by atoms with Crippen LogP contribution in [0, 0.1) is 6.92 Å². The van der Waals surface area contributed by atoms with Gasteiger partial charge in [0, 0.05) is 37.1 Å². The van der Waals surface area contributed by atoms with E-state index in [2.05, 4.69) is 20.6 Å². The van der Waals surface area contributed by atoms with E-state index >= 15 is 0 Å². The molecule has 1 heterocycles. The molecule has 0 bridgehead atoms.